The van der Waals surface area contributed by atoms with Gasteiger partial charge in [0.2, 0.25) is 6.04 Å². The van der Waals surface area contributed by atoms with Gasteiger partial charge in [-0.2, -0.15) is 9.68 Å². The standard InChI is InChI=1S/C8H17N2O2/c1-6-9(3)8-7(2)10(8,11-4)12-5/h6-8H,1H2,2-5H3/q+1. The Kier molecular flexibility index (Phi) is 2.41. The van der Waals surface area contributed by atoms with E-state index in [1.54, 1.807) is 20.4 Å². The summed E-state index contributed by atoms with van der Waals surface area (Å²) >= 11 is 0. The highest BCUT2D eigenvalue weighted by molar-refractivity contribution is 4.82. The molecule has 1 fully saturated rings. The van der Waals surface area contributed by atoms with Gasteiger partial charge in [0, 0.05) is 14.0 Å². The van der Waals surface area contributed by atoms with Gasteiger partial charge in [0.15, 0.2) is 0 Å². The number of hydrogen-bond acceptors (Lipinski definition) is 3. The number of quaternary nitrogens is 1. The number of likely N-dealkylation sites (N-methyl/N-ethyl adjacent to an activating group) is 1. The quantitative estimate of drug-likeness (QED) is 0.462. The molecule has 2 atom stereocenters. The molecule has 4 nitrogen and oxygen atoms in total. The maximum atomic E-state index is 5.27. The molecule has 1 aliphatic rings. The monoisotopic (exact) mass is 173 g/mol. The minimum atomic E-state index is 0.234. The summed E-state index contributed by atoms with van der Waals surface area (Å²) in [6.45, 7) is 5.78. The summed E-state index contributed by atoms with van der Waals surface area (Å²) in [7, 11) is 5.26. The van der Waals surface area contributed by atoms with E-state index in [1.807, 2.05) is 11.9 Å². The molecule has 2 unspecified atom stereocenters. The lowest BCUT2D eigenvalue weighted by molar-refractivity contribution is -1.17. The molecule has 0 aromatic rings. The summed E-state index contributed by atoms with van der Waals surface area (Å²) < 4.78 is 0. The van der Waals surface area contributed by atoms with E-state index >= 15 is 0 Å². The van der Waals surface area contributed by atoms with Crippen LogP contribution in [0.3, 0.4) is 0 Å². The van der Waals surface area contributed by atoms with Crippen molar-refractivity contribution in [3.05, 3.63) is 12.8 Å². The molecular weight excluding hydrogens is 156 g/mol. The first-order valence-corrected chi connectivity index (χ1v) is 3.98. The fourth-order valence-corrected chi connectivity index (χ4v) is 1.75. The lowest BCUT2D eigenvalue weighted by atomic mass is 10.4. The normalized spacial score (nSPS) is 31.3. The van der Waals surface area contributed by atoms with Gasteiger partial charge in [0.25, 0.3) is 6.17 Å². The zero-order valence-electron chi connectivity index (χ0n) is 8.15. The first kappa shape index (κ1) is 9.51. The molecule has 1 aliphatic heterocycles. The minimum absolute atomic E-state index is 0.234. The van der Waals surface area contributed by atoms with Crippen molar-refractivity contribution in [2.75, 3.05) is 21.3 Å². The van der Waals surface area contributed by atoms with Crippen molar-refractivity contribution >= 4 is 0 Å². The average Bonchev–Trinajstić information content (AvgIpc) is 2.70. The van der Waals surface area contributed by atoms with Crippen molar-refractivity contribution in [2.45, 2.75) is 19.1 Å². The fraction of sp³-hybridized carbons (Fsp3) is 0.750. The second kappa shape index (κ2) is 3.05. The van der Waals surface area contributed by atoms with Crippen LogP contribution in [0.15, 0.2) is 12.8 Å². The Bertz CT molecular complexity index is 180. The Hall–Kier alpha value is -0.580. The van der Waals surface area contributed by atoms with Gasteiger partial charge in [-0.15, -0.1) is 0 Å². The molecule has 0 saturated carbocycles. The Morgan fingerprint density at radius 2 is 1.92 bits per heavy atom. The maximum Gasteiger partial charge on any atom is 0.284 e. The van der Waals surface area contributed by atoms with Gasteiger partial charge in [-0.05, 0) is 11.0 Å². The summed E-state index contributed by atoms with van der Waals surface area (Å²) in [5, 5.41) is 0. The zero-order chi connectivity index (χ0) is 9.35. The molecule has 1 heterocycles. The summed E-state index contributed by atoms with van der Waals surface area (Å²) in [5.41, 5.74) is 0. The number of rotatable bonds is 4. The second-order valence-corrected chi connectivity index (χ2v) is 3.01. The van der Waals surface area contributed by atoms with E-state index in [-0.39, 0.29) is 11.0 Å². The van der Waals surface area contributed by atoms with Crippen LogP contribution in [0, 0.1) is 0 Å². The van der Waals surface area contributed by atoms with Crippen molar-refractivity contribution < 1.29 is 14.5 Å². The van der Waals surface area contributed by atoms with Crippen LogP contribution in [0.5, 0.6) is 0 Å². The highest BCUT2D eigenvalue weighted by Gasteiger charge is 2.71. The maximum absolute atomic E-state index is 5.27. The lowest BCUT2D eigenvalue weighted by Crippen LogP contribution is -2.32. The van der Waals surface area contributed by atoms with Crippen molar-refractivity contribution in [3.8, 4) is 0 Å². The third kappa shape index (κ3) is 1.03. The van der Waals surface area contributed by atoms with E-state index < -0.39 is 0 Å². The van der Waals surface area contributed by atoms with Gasteiger partial charge < -0.3 is 4.90 Å². The van der Waals surface area contributed by atoms with Crippen LogP contribution in [-0.2, 0) is 9.68 Å². The Balaban J connectivity index is 2.66. The van der Waals surface area contributed by atoms with Crippen LogP contribution in [0.1, 0.15) is 6.92 Å². The van der Waals surface area contributed by atoms with Crippen molar-refractivity contribution in [3.63, 3.8) is 0 Å². The molecule has 1 rings (SSSR count). The molecule has 0 amide bonds. The number of nitrogens with zero attached hydrogens (tertiary/aromatic N) is 2. The van der Waals surface area contributed by atoms with E-state index in [4.69, 9.17) is 9.68 Å². The average molecular weight is 173 g/mol. The van der Waals surface area contributed by atoms with E-state index in [0.717, 1.165) is 0 Å². The van der Waals surface area contributed by atoms with Gasteiger partial charge in [-0.1, -0.05) is 6.58 Å². The van der Waals surface area contributed by atoms with Crippen LogP contribution in [-0.4, -0.2) is 43.2 Å². The summed E-state index contributed by atoms with van der Waals surface area (Å²) in [4.78, 5) is 12.8. The first-order valence-electron chi connectivity index (χ1n) is 3.98. The molecule has 0 spiro atoms. The smallest absolute Gasteiger partial charge is 0.284 e. The molecule has 1 saturated heterocycles. The SMILES string of the molecule is C=CN(C)C1C(C)[N+]1(OC)OC. The Morgan fingerprint density at radius 1 is 1.42 bits per heavy atom. The van der Waals surface area contributed by atoms with Crippen molar-refractivity contribution in [1.29, 1.82) is 0 Å². The largest absolute Gasteiger partial charge is 0.323 e. The van der Waals surface area contributed by atoms with Gasteiger partial charge in [-0.3, -0.25) is 0 Å². The molecule has 0 aromatic heterocycles. The summed E-state index contributed by atoms with van der Waals surface area (Å²) in [6.07, 6.45) is 2.01. The summed E-state index contributed by atoms with van der Waals surface area (Å²) in [6, 6.07) is 0.336. The van der Waals surface area contributed by atoms with Crippen LogP contribution < -0.4 is 0 Å². The van der Waals surface area contributed by atoms with E-state index in [0.29, 0.717) is 6.04 Å². The molecule has 4 heteroatoms. The predicted molar refractivity (Wildman–Crippen MR) is 45.5 cm³/mol. The number of hydrogen-bond donors (Lipinski definition) is 0. The first-order chi connectivity index (χ1) is 5.64. The lowest BCUT2D eigenvalue weighted by Gasteiger charge is -2.15. The van der Waals surface area contributed by atoms with Crippen LogP contribution in [0.2, 0.25) is 0 Å². The van der Waals surface area contributed by atoms with E-state index in [1.165, 1.54) is 0 Å². The van der Waals surface area contributed by atoms with Gasteiger partial charge in [0.1, 0.15) is 0 Å². The third-order valence-electron chi connectivity index (χ3n) is 2.55. The predicted octanol–water partition coefficient (Wildman–Crippen LogP) is 0.729. The fourth-order valence-electron chi connectivity index (χ4n) is 1.75. The van der Waals surface area contributed by atoms with Crippen molar-refractivity contribution in [2.24, 2.45) is 0 Å². The molecule has 0 bridgehead atoms. The zero-order valence-corrected chi connectivity index (χ0v) is 8.15. The van der Waals surface area contributed by atoms with Gasteiger partial charge in [0.05, 0.1) is 14.2 Å². The summed E-state index contributed by atoms with van der Waals surface area (Å²) in [5.74, 6) is 0. The van der Waals surface area contributed by atoms with Gasteiger partial charge >= 0.3 is 0 Å². The van der Waals surface area contributed by atoms with Crippen molar-refractivity contribution in [1.82, 2.24) is 4.90 Å². The molecule has 70 valence electrons. The molecular formula is C8H17N2O2+. The van der Waals surface area contributed by atoms with E-state index in [9.17, 15) is 0 Å². The molecule has 0 aliphatic carbocycles. The molecule has 0 aromatic carbocycles. The van der Waals surface area contributed by atoms with Crippen LogP contribution in [0.25, 0.3) is 0 Å². The highest BCUT2D eigenvalue weighted by Crippen LogP contribution is 2.41. The van der Waals surface area contributed by atoms with Gasteiger partial charge in [-0.25, -0.2) is 0 Å². The Morgan fingerprint density at radius 3 is 2.17 bits per heavy atom. The number of hydroxylamine groups is 4. The molecule has 0 N–H and O–H groups in total. The highest BCUT2D eigenvalue weighted by atomic mass is 17.0. The van der Waals surface area contributed by atoms with E-state index in [2.05, 4.69) is 13.5 Å². The third-order valence-corrected chi connectivity index (χ3v) is 2.55. The molecule has 12 heavy (non-hydrogen) atoms. The van der Waals surface area contributed by atoms with Crippen LogP contribution >= 0.6 is 0 Å². The molecule has 0 radical (unpaired) electrons. The second-order valence-electron chi connectivity index (χ2n) is 3.01. The Labute approximate surface area is 73.5 Å². The van der Waals surface area contributed by atoms with Crippen LogP contribution in [0.4, 0.5) is 0 Å². The minimum Gasteiger partial charge on any atom is -0.323 e. The topological polar surface area (TPSA) is 21.7 Å².